The van der Waals surface area contributed by atoms with Crippen molar-refractivity contribution in [3.63, 3.8) is 0 Å². The van der Waals surface area contributed by atoms with Gasteiger partial charge in [0, 0.05) is 6.42 Å². The van der Waals surface area contributed by atoms with Crippen LogP contribution >= 0.6 is 11.6 Å². The van der Waals surface area contributed by atoms with E-state index in [0.29, 0.717) is 11.3 Å². The molecule has 0 atom stereocenters. The Labute approximate surface area is 127 Å². The molecule has 21 heavy (non-hydrogen) atoms. The van der Waals surface area contributed by atoms with Crippen LogP contribution in [0.25, 0.3) is 0 Å². The minimum absolute atomic E-state index is 0.159. The van der Waals surface area contributed by atoms with Crippen molar-refractivity contribution in [2.45, 2.75) is 38.7 Å². The number of nitrogens with one attached hydrogen (secondary N) is 1. The third-order valence-corrected chi connectivity index (χ3v) is 2.74. The molecule has 0 bridgehead atoms. The van der Waals surface area contributed by atoms with Gasteiger partial charge in [-0.15, -0.1) is 0 Å². The molecule has 0 saturated carbocycles. The van der Waals surface area contributed by atoms with Crippen LogP contribution in [0.15, 0.2) is 18.2 Å². The van der Waals surface area contributed by atoms with Crippen LogP contribution in [0.2, 0.25) is 5.02 Å². The number of hydrogen-bond donors (Lipinski definition) is 2. The van der Waals surface area contributed by atoms with Gasteiger partial charge in [-0.2, -0.15) is 0 Å². The largest absolute Gasteiger partial charge is 0.444 e. The molecule has 0 aromatic heterocycles. The summed E-state index contributed by atoms with van der Waals surface area (Å²) in [5.74, 6) is -2.98. The topological polar surface area (TPSA) is 64.3 Å². The minimum atomic E-state index is -2.98. The lowest BCUT2D eigenvalue weighted by Gasteiger charge is -2.20. The average Bonchev–Trinajstić information content (AvgIpc) is 2.30. The summed E-state index contributed by atoms with van der Waals surface area (Å²) in [7, 11) is 0. The van der Waals surface area contributed by atoms with Crippen LogP contribution in [0.4, 0.5) is 19.3 Å². The van der Waals surface area contributed by atoms with Crippen molar-refractivity contribution in [1.82, 2.24) is 0 Å². The molecule has 1 rings (SSSR count). The highest BCUT2D eigenvalue weighted by atomic mass is 35.5. The third kappa shape index (κ3) is 6.27. The lowest BCUT2D eigenvalue weighted by Crippen LogP contribution is -2.30. The predicted octanol–water partition coefficient (Wildman–Crippen LogP) is 3.82. The van der Waals surface area contributed by atoms with Gasteiger partial charge in [0.05, 0.1) is 17.3 Å². The Bertz CT molecular complexity index is 516. The standard InChI is InChI=1S/C14H19ClF2N2O2/c1-13(2,3)21-12(20)19-11-5-4-9(6-10(11)15)7-14(16,17)8-18/h4-6H,7-8,18H2,1-3H3,(H,19,20). The van der Waals surface area contributed by atoms with Crippen LogP contribution < -0.4 is 11.1 Å². The zero-order valence-electron chi connectivity index (χ0n) is 12.2. The molecule has 0 saturated heterocycles. The number of rotatable bonds is 4. The van der Waals surface area contributed by atoms with Crippen molar-refractivity contribution in [3.8, 4) is 0 Å². The maximum Gasteiger partial charge on any atom is 0.412 e. The van der Waals surface area contributed by atoms with Gasteiger partial charge in [-0.3, -0.25) is 5.32 Å². The van der Waals surface area contributed by atoms with Crippen LogP contribution in [0.5, 0.6) is 0 Å². The van der Waals surface area contributed by atoms with Crippen LogP contribution in [-0.2, 0) is 11.2 Å². The molecule has 0 heterocycles. The zero-order valence-corrected chi connectivity index (χ0v) is 12.9. The Kier molecular flexibility index (Phi) is 5.53. The third-order valence-electron chi connectivity index (χ3n) is 2.43. The van der Waals surface area contributed by atoms with Crippen molar-refractivity contribution in [2.24, 2.45) is 5.73 Å². The van der Waals surface area contributed by atoms with E-state index in [2.05, 4.69) is 5.32 Å². The molecule has 0 fully saturated rings. The Hall–Kier alpha value is -1.40. The maximum absolute atomic E-state index is 13.2. The van der Waals surface area contributed by atoms with Gasteiger partial charge in [-0.25, -0.2) is 13.6 Å². The van der Waals surface area contributed by atoms with Gasteiger partial charge >= 0.3 is 6.09 Å². The molecule has 0 radical (unpaired) electrons. The molecule has 1 aromatic carbocycles. The fourth-order valence-corrected chi connectivity index (χ4v) is 1.80. The molecule has 7 heteroatoms. The van der Waals surface area contributed by atoms with Gasteiger partial charge in [0.25, 0.3) is 5.92 Å². The number of nitrogens with two attached hydrogens (primary N) is 1. The van der Waals surface area contributed by atoms with E-state index in [-0.39, 0.29) is 5.02 Å². The van der Waals surface area contributed by atoms with E-state index >= 15 is 0 Å². The molecule has 3 N–H and O–H groups in total. The number of alkyl halides is 2. The second kappa shape index (κ2) is 6.58. The molecule has 118 valence electrons. The summed E-state index contributed by atoms with van der Waals surface area (Å²) in [5.41, 5.74) is 4.99. The first-order valence-corrected chi connectivity index (χ1v) is 6.76. The van der Waals surface area contributed by atoms with E-state index in [1.54, 1.807) is 20.8 Å². The summed E-state index contributed by atoms with van der Waals surface area (Å²) in [4.78, 5) is 11.6. The first-order valence-electron chi connectivity index (χ1n) is 6.39. The molecule has 0 unspecified atom stereocenters. The van der Waals surface area contributed by atoms with Gasteiger partial charge in [0.15, 0.2) is 0 Å². The van der Waals surface area contributed by atoms with Crippen LogP contribution in [-0.4, -0.2) is 24.2 Å². The molecule has 1 aromatic rings. The van der Waals surface area contributed by atoms with E-state index in [9.17, 15) is 13.6 Å². The number of carbonyl (C=O) groups excluding carboxylic acids is 1. The fraction of sp³-hybridized carbons (Fsp3) is 0.500. The van der Waals surface area contributed by atoms with Crippen molar-refractivity contribution in [1.29, 1.82) is 0 Å². The lowest BCUT2D eigenvalue weighted by molar-refractivity contribution is 0.0115. The monoisotopic (exact) mass is 320 g/mol. The number of benzene rings is 1. The van der Waals surface area contributed by atoms with Gasteiger partial charge < -0.3 is 10.5 Å². The lowest BCUT2D eigenvalue weighted by atomic mass is 10.1. The maximum atomic E-state index is 13.2. The van der Waals surface area contributed by atoms with E-state index in [1.165, 1.54) is 18.2 Å². The molecule has 0 aliphatic heterocycles. The first kappa shape index (κ1) is 17.7. The SMILES string of the molecule is CC(C)(C)OC(=O)Nc1ccc(CC(F)(F)CN)cc1Cl. The van der Waals surface area contributed by atoms with E-state index < -0.39 is 30.6 Å². The highest BCUT2D eigenvalue weighted by Crippen LogP contribution is 2.27. The molecular formula is C14H19ClF2N2O2. The summed E-state index contributed by atoms with van der Waals surface area (Å²) in [6.45, 7) is 4.45. The number of hydrogen-bond acceptors (Lipinski definition) is 3. The normalized spacial score (nSPS) is 12.1. The highest BCUT2D eigenvalue weighted by molar-refractivity contribution is 6.33. The summed E-state index contributed by atoms with van der Waals surface area (Å²) in [6, 6.07) is 4.29. The summed E-state index contributed by atoms with van der Waals surface area (Å²) >= 11 is 5.97. The van der Waals surface area contributed by atoms with E-state index in [1.807, 2.05) is 0 Å². The van der Waals surface area contributed by atoms with E-state index in [0.717, 1.165) is 0 Å². The van der Waals surface area contributed by atoms with Crippen LogP contribution in [0, 0.1) is 0 Å². The van der Waals surface area contributed by atoms with Gasteiger partial charge in [0.2, 0.25) is 0 Å². The summed E-state index contributed by atoms with van der Waals surface area (Å²) in [6.07, 6.45) is -1.17. The predicted molar refractivity (Wildman–Crippen MR) is 79.0 cm³/mol. The number of anilines is 1. The number of amides is 1. The second-order valence-electron chi connectivity index (χ2n) is 5.68. The molecular weight excluding hydrogens is 302 g/mol. The molecule has 1 amide bonds. The Morgan fingerprint density at radius 3 is 2.48 bits per heavy atom. The number of carbonyl (C=O) groups is 1. The van der Waals surface area contributed by atoms with Crippen LogP contribution in [0.3, 0.4) is 0 Å². The van der Waals surface area contributed by atoms with Crippen molar-refractivity contribution in [2.75, 3.05) is 11.9 Å². The molecule has 0 aliphatic carbocycles. The Morgan fingerprint density at radius 1 is 1.38 bits per heavy atom. The summed E-state index contributed by atoms with van der Waals surface area (Å²) < 4.78 is 31.5. The van der Waals surface area contributed by atoms with Crippen molar-refractivity contribution >= 4 is 23.4 Å². The van der Waals surface area contributed by atoms with E-state index in [4.69, 9.17) is 22.1 Å². The van der Waals surface area contributed by atoms with Gasteiger partial charge in [-0.05, 0) is 38.5 Å². The van der Waals surface area contributed by atoms with Gasteiger partial charge in [-0.1, -0.05) is 17.7 Å². The second-order valence-corrected chi connectivity index (χ2v) is 6.09. The summed E-state index contributed by atoms with van der Waals surface area (Å²) in [5, 5.41) is 2.62. The fourth-order valence-electron chi connectivity index (χ4n) is 1.55. The van der Waals surface area contributed by atoms with Crippen molar-refractivity contribution < 1.29 is 18.3 Å². The zero-order chi connectivity index (χ0) is 16.3. The first-order chi connectivity index (χ1) is 9.52. The molecule has 4 nitrogen and oxygen atoms in total. The molecule has 0 spiro atoms. The minimum Gasteiger partial charge on any atom is -0.444 e. The smallest absolute Gasteiger partial charge is 0.412 e. The quantitative estimate of drug-likeness (QED) is 0.886. The van der Waals surface area contributed by atoms with Crippen LogP contribution in [0.1, 0.15) is 26.3 Å². The number of ether oxygens (including phenoxy) is 1. The average molecular weight is 321 g/mol. The highest BCUT2D eigenvalue weighted by Gasteiger charge is 2.27. The Balaban J connectivity index is 2.77. The van der Waals surface area contributed by atoms with Gasteiger partial charge in [0.1, 0.15) is 5.60 Å². The number of halogens is 3. The molecule has 0 aliphatic rings. The van der Waals surface area contributed by atoms with Crippen molar-refractivity contribution in [3.05, 3.63) is 28.8 Å². The Morgan fingerprint density at radius 2 is 2.00 bits per heavy atom.